The molecule has 1 aromatic heterocycles. The first kappa shape index (κ1) is 14.9. The molecule has 19 heavy (non-hydrogen) atoms. The third kappa shape index (κ3) is 3.14. The Hall–Kier alpha value is -0.530. The number of benzene rings is 1. The van der Waals surface area contributed by atoms with Crippen molar-refractivity contribution in [2.24, 2.45) is 0 Å². The van der Waals surface area contributed by atoms with Crippen molar-refractivity contribution in [2.45, 2.75) is 6.54 Å². The highest BCUT2D eigenvalue weighted by molar-refractivity contribution is 9.11. The molecule has 0 saturated heterocycles. The number of halogens is 5. The van der Waals surface area contributed by atoms with Gasteiger partial charge in [0.1, 0.15) is 11.6 Å². The Morgan fingerprint density at radius 1 is 1.11 bits per heavy atom. The smallest absolute Gasteiger partial charge is 0.265 e. The monoisotopic (exact) mass is 455 g/mol. The Bertz CT molecular complexity index is 700. The molecule has 7 heteroatoms. The van der Waals surface area contributed by atoms with Gasteiger partial charge in [-0.3, -0.25) is 4.79 Å². The standard InChI is InChI=1S/C12H6Br3F2NO/c13-6-3-9(15)12(19)18(4-6)5-7-10(16)2-1-8(14)11(7)17/h1-4H,5H2. The van der Waals surface area contributed by atoms with Crippen molar-refractivity contribution in [3.05, 3.63) is 65.4 Å². The molecule has 0 radical (unpaired) electrons. The molecule has 1 heterocycles. The third-order valence-electron chi connectivity index (χ3n) is 2.48. The van der Waals surface area contributed by atoms with E-state index in [0.29, 0.717) is 8.95 Å². The maximum atomic E-state index is 13.9. The molecule has 2 aromatic rings. The van der Waals surface area contributed by atoms with Gasteiger partial charge in [-0.2, -0.15) is 0 Å². The van der Waals surface area contributed by atoms with Crippen molar-refractivity contribution in [3.8, 4) is 0 Å². The number of pyridine rings is 1. The van der Waals surface area contributed by atoms with Crippen LogP contribution in [0.1, 0.15) is 5.56 Å². The molecule has 0 aliphatic carbocycles. The Morgan fingerprint density at radius 2 is 1.79 bits per heavy atom. The van der Waals surface area contributed by atoms with Crippen molar-refractivity contribution in [1.29, 1.82) is 0 Å². The van der Waals surface area contributed by atoms with Gasteiger partial charge in [-0.25, -0.2) is 8.78 Å². The average molecular weight is 458 g/mol. The van der Waals surface area contributed by atoms with Gasteiger partial charge >= 0.3 is 0 Å². The van der Waals surface area contributed by atoms with E-state index in [1.54, 1.807) is 6.07 Å². The lowest BCUT2D eigenvalue weighted by molar-refractivity contribution is 0.537. The van der Waals surface area contributed by atoms with Gasteiger partial charge in [-0.1, -0.05) is 0 Å². The lowest BCUT2D eigenvalue weighted by Crippen LogP contribution is -2.21. The molecule has 2 rings (SSSR count). The van der Waals surface area contributed by atoms with Crippen LogP contribution in [-0.2, 0) is 6.54 Å². The fraction of sp³-hybridized carbons (Fsp3) is 0.0833. The highest BCUT2D eigenvalue weighted by Crippen LogP contribution is 2.22. The minimum atomic E-state index is -0.706. The second-order valence-corrected chi connectivity index (χ2v) is 6.39. The van der Waals surface area contributed by atoms with Crippen LogP contribution in [0.25, 0.3) is 0 Å². The summed E-state index contributed by atoms with van der Waals surface area (Å²) in [6.45, 7) is -0.187. The van der Waals surface area contributed by atoms with Crippen molar-refractivity contribution in [2.75, 3.05) is 0 Å². The maximum Gasteiger partial charge on any atom is 0.265 e. The van der Waals surface area contributed by atoms with Gasteiger partial charge in [0.15, 0.2) is 0 Å². The molecule has 0 unspecified atom stereocenters. The van der Waals surface area contributed by atoms with Crippen LogP contribution in [0.4, 0.5) is 8.78 Å². The Kier molecular flexibility index (Phi) is 4.58. The van der Waals surface area contributed by atoms with Crippen molar-refractivity contribution < 1.29 is 8.78 Å². The van der Waals surface area contributed by atoms with Gasteiger partial charge in [-0.05, 0) is 66.0 Å². The molecule has 0 amide bonds. The summed E-state index contributed by atoms with van der Waals surface area (Å²) in [5, 5.41) is 0. The first-order chi connectivity index (χ1) is 8.90. The third-order valence-corrected chi connectivity index (χ3v) is 4.09. The molecule has 0 saturated carbocycles. The normalized spacial score (nSPS) is 10.8. The van der Waals surface area contributed by atoms with E-state index in [2.05, 4.69) is 47.8 Å². The Labute approximate surface area is 132 Å². The average Bonchev–Trinajstić information content (AvgIpc) is 2.35. The van der Waals surface area contributed by atoms with Gasteiger partial charge in [0.05, 0.1) is 15.5 Å². The van der Waals surface area contributed by atoms with Crippen LogP contribution >= 0.6 is 47.8 Å². The van der Waals surface area contributed by atoms with Crippen molar-refractivity contribution in [3.63, 3.8) is 0 Å². The summed E-state index contributed by atoms with van der Waals surface area (Å²) in [6.07, 6.45) is 1.48. The van der Waals surface area contributed by atoms with Gasteiger partial charge in [0.2, 0.25) is 0 Å². The van der Waals surface area contributed by atoms with E-state index in [1.165, 1.54) is 16.8 Å². The topological polar surface area (TPSA) is 22.0 Å². The van der Waals surface area contributed by atoms with Crippen LogP contribution in [0.15, 0.2) is 42.6 Å². The molecule has 1 aromatic carbocycles. The van der Waals surface area contributed by atoms with E-state index in [9.17, 15) is 13.6 Å². The van der Waals surface area contributed by atoms with Gasteiger partial charge in [0, 0.05) is 16.2 Å². The van der Waals surface area contributed by atoms with Gasteiger partial charge in [0.25, 0.3) is 5.56 Å². The predicted octanol–water partition coefficient (Wildman–Crippen LogP) is 4.46. The second kappa shape index (κ2) is 5.85. The van der Waals surface area contributed by atoms with Gasteiger partial charge < -0.3 is 4.57 Å². The maximum absolute atomic E-state index is 13.9. The van der Waals surface area contributed by atoms with Crippen molar-refractivity contribution in [1.82, 2.24) is 4.57 Å². The number of aromatic nitrogens is 1. The van der Waals surface area contributed by atoms with E-state index >= 15 is 0 Å². The fourth-order valence-electron chi connectivity index (χ4n) is 1.57. The lowest BCUT2D eigenvalue weighted by atomic mass is 10.2. The highest BCUT2D eigenvalue weighted by atomic mass is 79.9. The highest BCUT2D eigenvalue weighted by Gasteiger charge is 2.14. The lowest BCUT2D eigenvalue weighted by Gasteiger charge is -2.10. The molecule has 0 spiro atoms. The van der Waals surface area contributed by atoms with Crippen LogP contribution in [0.5, 0.6) is 0 Å². The largest absolute Gasteiger partial charge is 0.309 e. The number of hydrogen-bond acceptors (Lipinski definition) is 1. The summed E-state index contributed by atoms with van der Waals surface area (Å²) in [7, 11) is 0. The van der Waals surface area contributed by atoms with Crippen LogP contribution in [-0.4, -0.2) is 4.57 Å². The predicted molar refractivity (Wildman–Crippen MR) is 79.3 cm³/mol. The fourth-order valence-corrected chi connectivity index (χ4v) is 3.20. The van der Waals surface area contributed by atoms with Crippen LogP contribution < -0.4 is 5.56 Å². The van der Waals surface area contributed by atoms with Crippen LogP contribution in [0, 0.1) is 11.6 Å². The molecule has 0 aliphatic rings. The zero-order chi connectivity index (χ0) is 14.2. The van der Waals surface area contributed by atoms with E-state index in [4.69, 9.17) is 0 Å². The number of nitrogens with zero attached hydrogens (tertiary/aromatic N) is 1. The van der Waals surface area contributed by atoms with E-state index < -0.39 is 11.6 Å². The molecule has 0 aliphatic heterocycles. The summed E-state index contributed by atoms with van der Waals surface area (Å²) in [5.41, 5.74) is -0.525. The molecular formula is C12H6Br3F2NO. The molecule has 100 valence electrons. The Morgan fingerprint density at radius 3 is 2.47 bits per heavy atom. The summed E-state index contributed by atoms with van der Waals surface area (Å²) < 4.78 is 29.8. The molecule has 0 N–H and O–H groups in total. The summed E-state index contributed by atoms with van der Waals surface area (Å²) in [4.78, 5) is 11.9. The quantitative estimate of drug-likeness (QED) is 0.610. The minimum Gasteiger partial charge on any atom is -0.309 e. The van der Waals surface area contributed by atoms with Crippen LogP contribution in [0.2, 0.25) is 0 Å². The van der Waals surface area contributed by atoms with E-state index in [0.717, 1.165) is 6.07 Å². The first-order valence-electron chi connectivity index (χ1n) is 5.08. The summed E-state index contributed by atoms with van der Waals surface area (Å²) in [5.74, 6) is -1.40. The molecular weight excluding hydrogens is 452 g/mol. The summed E-state index contributed by atoms with van der Waals surface area (Å²) in [6, 6.07) is 4.01. The SMILES string of the molecule is O=c1c(Br)cc(Br)cn1Cc1c(F)ccc(Br)c1F. The minimum absolute atomic E-state index is 0.158. The second-order valence-electron chi connectivity index (χ2n) is 3.76. The number of hydrogen-bond donors (Lipinski definition) is 0. The van der Waals surface area contributed by atoms with Crippen molar-refractivity contribution >= 4 is 47.8 Å². The first-order valence-corrected chi connectivity index (χ1v) is 7.46. The van der Waals surface area contributed by atoms with E-state index in [1.807, 2.05) is 0 Å². The number of rotatable bonds is 2. The van der Waals surface area contributed by atoms with Crippen LogP contribution in [0.3, 0.4) is 0 Å². The molecule has 0 atom stereocenters. The Balaban J connectivity index is 2.54. The molecule has 0 fully saturated rings. The molecule has 0 bridgehead atoms. The molecule has 2 nitrogen and oxygen atoms in total. The van der Waals surface area contributed by atoms with E-state index in [-0.39, 0.29) is 22.1 Å². The van der Waals surface area contributed by atoms with Gasteiger partial charge in [-0.15, -0.1) is 0 Å². The zero-order valence-electron chi connectivity index (χ0n) is 9.26. The summed E-state index contributed by atoms with van der Waals surface area (Å²) >= 11 is 9.32. The zero-order valence-corrected chi connectivity index (χ0v) is 14.0.